The number of nitrogens with zero attached hydrogens (tertiary/aromatic N) is 1. The lowest BCUT2D eigenvalue weighted by Crippen LogP contribution is -2.47. The van der Waals surface area contributed by atoms with E-state index in [1.807, 2.05) is 27.7 Å². The fourth-order valence-electron chi connectivity index (χ4n) is 3.56. The van der Waals surface area contributed by atoms with Crippen LogP contribution in [0.2, 0.25) is 0 Å². The van der Waals surface area contributed by atoms with Crippen molar-refractivity contribution in [1.29, 1.82) is 0 Å². The Labute approximate surface area is 180 Å². The van der Waals surface area contributed by atoms with Crippen LogP contribution < -0.4 is 10.6 Å². The molecule has 2 amide bonds. The summed E-state index contributed by atoms with van der Waals surface area (Å²) < 4.78 is 27.7. The molecule has 1 heterocycles. The second-order valence-corrected chi connectivity index (χ2v) is 10.7. The quantitative estimate of drug-likeness (QED) is 0.652. The van der Waals surface area contributed by atoms with Crippen LogP contribution in [0.15, 0.2) is 23.1 Å². The van der Waals surface area contributed by atoms with Gasteiger partial charge in [0.25, 0.3) is 0 Å². The topological polar surface area (TPSA) is 95.6 Å². The summed E-state index contributed by atoms with van der Waals surface area (Å²) in [6.45, 7) is 10.4. The smallest absolute Gasteiger partial charge is 0.247 e. The highest BCUT2D eigenvalue weighted by atomic mass is 32.2. The standard InChI is InChI=1S/C22H35N3O4S/c1-15(2)13-20(26)24-21(16(3)4)22(27)23-18-10-9-17(5)19(14-18)30(28,29)25-11-7-6-8-12-25/h9-10,14-16,21H,6-8,11-13H2,1-5H3,(H,23,27)(H,24,26). The van der Waals surface area contributed by atoms with Gasteiger partial charge in [-0.3, -0.25) is 9.59 Å². The number of hydrogen-bond acceptors (Lipinski definition) is 4. The van der Waals surface area contributed by atoms with Crippen LogP contribution in [0.4, 0.5) is 5.69 Å². The van der Waals surface area contributed by atoms with E-state index in [1.165, 1.54) is 10.4 Å². The highest BCUT2D eigenvalue weighted by Crippen LogP contribution is 2.26. The van der Waals surface area contributed by atoms with Crippen molar-refractivity contribution in [2.75, 3.05) is 18.4 Å². The number of carbonyl (C=O) groups excluding carboxylic acids is 2. The number of piperidine rings is 1. The SMILES string of the molecule is Cc1ccc(NC(=O)C(NC(=O)CC(C)C)C(C)C)cc1S(=O)(=O)N1CCCCC1. The molecule has 1 aliphatic heterocycles. The summed E-state index contributed by atoms with van der Waals surface area (Å²) in [7, 11) is -3.61. The fourth-order valence-corrected chi connectivity index (χ4v) is 5.33. The van der Waals surface area contributed by atoms with Crippen molar-refractivity contribution in [2.45, 2.75) is 71.2 Å². The molecule has 1 atom stereocenters. The summed E-state index contributed by atoms with van der Waals surface area (Å²) in [4.78, 5) is 25.2. The molecule has 1 saturated heterocycles. The van der Waals surface area contributed by atoms with E-state index in [0.717, 1.165) is 19.3 Å². The maximum atomic E-state index is 13.1. The largest absolute Gasteiger partial charge is 0.344 e. The molecule has 0 saturated carbocycles. The average molecular weight is 438 g/mol. The second kappa shape index (κ2) is 10.4. The molecule has 7 nitrogen and oxygen atoms in total. The molecular formula is C22H35N3O4S. The van der Waals surface area contributed by atoms with Crippen molar-refractivity contribution in [1.82, 2.24) is 9.62 Å². The molecule has 2 N–H and O–H groups in total. The first-order valence-electron chi connectivity index (χ1n) is 10.7. The average Bonchev–Trinajstić information content (AvgIpc) is 2.67. The Morgan fingerprint density at radius 1 is 1.07 bits per heavy atom. The van der Waals surface area contributed by atoms with Gasteiger partial charge in [-0.2, -0.15) is 4.31 Å². The number of carbonyl (C=O) groups is 2. The van der Waals surface area contributed by atoms with Crippen molar-refractivity contribution >= 4 is 27.5 Å². The van der Waals surface area contributed by atoms with Crippen molar-refractivity contribution in [2.24, 2.45) is 11.8 Å². The Morgan fingerprint density at radius 3 is 2.27 bits per heavy atom. The third-order valence-corrected chi connectivity index (χ3v) is 7.29. The van der Waals surface area contributed by atoms with Gasteiger partial charge in [-0.25, -0.2) is 8.42 Å². The molecule has 0 radical (unpaired) electrons. The van der Waals surface area contributed by atoms with Gasteiger partial charge in [0.05, 0.1) is 4.90 Å². The third-order valence-electron chi connectivity index (χ3n) is 5.25. The Balaban J connectivity index is 2.20. The normalized spacial score (nSPS) is 16.5. The van der Waals surface area contributed by atoms with E-state index in [0.29, 0.717) is 30.8 Å². The number of amides is 2. The summed E-state index contributed by atoms with van der Waals surface area (Å²) in [5, 5.41) is 5.59. The minimum absolute atomic E-state index is 0.108. The minimum atomic E-state index is -3.61. The van der Waals surface area contributed by atoms with Crippen molar-refractivity contribution in [3.05, 3.63) is 23.8 Å². The van der Waals surface area contributed by atoms with Crippen LogP contribution in [0.25, 0.3) is 0 Å². The van der Waals surface area contributed by atoms with Gasteiger partial charge in [0.2, 0.25) is 21.8 Å². The van der Waals surface area contributed by atoms with Crippen molar-refractivity contribution < 1.29 is 18.0 Å². The number of aryl methyl sites for hydroxylation is 1. The number of benzene rings is 1. The predicted octanol–water partition coefficient (Wildman–Crippen LogP) is 3.30. The molecule has 8 heteroatoms. The van der Waals surface area contributed by atoms with Gasteiger partial charge in [-0.15, -0.1) is 0 Å². The van der Waals surface area contributed by atoms with E-state index in [2.05, 4.69) is 10.6 Å². The summed E-state index contributed by atoms with van der Waals surface area (Å²) >= 11 is 0. The van der Waals surface area contributed by atoms with Gasteiger partial charge in [0.1, 0.15) is 6.04 Å². The van der Waals surface area contributed by atoms with E-state index >= 15 is 0 Å². The molecule has 1 unspecified atom stereocenters. The zero-order chi connectivity index (χ0) is 22.5. The molecule has 1 aromatic rings. The zero-order valence-electron chi connectivity index (χ0n) is 18.7. The lowest BCUT2D eigenvalue weighted by Gasteiger charge is -2.27. The predicted molar refractivity (Wildman–Crippen MR) is 119 cm³/mol. The first kappa shape index (κ1) is 24.3. The Hall–Kier alpha value is -1.93. The van der Waals surface area contributed by atoms with Crippen LogP contribution in [-0.2, 0) is 19.6 Å². The molecule has 0 bridgehead atoms. The first-order chi connectivity index (χ1) is 14.0. The van der Waals surface area contributed by atoms with Crippen molar-refractivity contribution in [3.63, 3.8) is 0 Å². The van der Waals surface area contributed by atoms with Crippen LogP contribution in [0.1, 0.15) is 58.9 Å². The van der Waals surface area contributed by atoms with Gasteiger partial charge < -0.3 is 10.6 Å². The monoisotopic (exact) mass is 437 g/mol. The maximum absolute atomic E-state index is 13.1. The molecule has 30 heavy (non-hydrogen) atoms. The third kappa shape index (κ3) is 6.28. The van der Waals surface area contributed by atoms with E-state index in [4.69, 9.17) is 0 Å². The number of nitrogens with one attached hydrogen (secondary N) is 2. The summed E-state index contributed by atoms with van der Waals surface area (Å²) in [5.74, 6) is -0.438. The molecule has 0 aromatic heterocycles. The van der Waals surface area contributed by atoms with Gasteiger partial charge >= 0.3 is 0 Å². The van der Waals surface area contributed by atoms with E-state index in [9.17, 15) is 18.0 Å². The fraction of sp³-hybridized carbons (Fsp3) is 0.636. The molecule has 1 aromatic carbocycles. The molecular weight excluding hydrogens is 402 g/mol. The minimum Gasteiger partial charge on any atom is -0.344 e. The highest BCUT2D eigenvalue weighted by Gasteiger charge is 2.29. The second-order valence-electron chi connectivity index (χ2n) is 8.82. The summed E-state index contributed by atoms with van der Waals surface area (Å²) in [6.07, 6.45) is 3.11. The highest BCUT2D eigenvalue weighted by molar-refractivity contribution is 7.89. The molecule has 168 valence electrons. The molecule has 2 rings (SSSR count). The molecule has 0 spiro atoms. The first-order valence-corrected chi connectivity index (χ1v) is 12.2. The molecule has 0 aliphatic carbocycles. The molecule has 1 aliphatic rings. The van der Waals surface area contributed by atoms with Gasteiger partial charge in [-0.1, -0.05) is 40.2 Å². The van der Waals surface area contributed by atoms with Crippen LogP contribution >= 0.6 is 0 Å². The number of sulfonamides is 1. The van der Waals surface area contributed by atoms with Crippen LogP contribution in [0.3, 0.4) is 0 Å². The van der Waals surface area contributed by atoms with E-state index < -0.39 is 16.1 Å². The summed E-state index contributed by atoms with van der Waals surface area (Å²) in [5.41, 5.74) is 1.05. The Kier molecular flexibility index (Phi) is 8.43. The number of rotatable bonds is 8. The maximum Gasteiger partial charge on any atom is 0.247 e. The number of hydrogen-bond donors (Lipinski definition) is 2. The van der Waals surface area contributed by atoms with Gasteiger partial charge in [0.15, 0.2) is 0 Å². The van der Waals surface area contributed by atoms with Crippen LogP contribution in [-0.4, -0.2) is 43.7 Å². The van der Waals surface area contributed by atoms with E-state index in [1.54, 1.807) is 19.1 Å². The zero-order valence-corrected chi connectivity index (χ0v) is 19.5. The van der Waals surface area contributed by atoms with E-state index in [-0.39, 0.29) is 28.5 Å². The lowest BCUT2D eigenvalue weighted by molar-refractivity contribution is -0.127. The van der Waals surface area contributed by atoms with Crippen LogP contribution in [0, 0.1) is 18.8 Å². The summed E-state index contributed by atoms with van der Waals surface area (Å²) in [6, 6.07) is 4.22. The number of anilines is 1. The lowest BCUT2D eigenvalue weighted by atomic mass is 10.0. The molecule has 1 fully saturated rings. The van der Waals surface area contributed by atoms with Crippen LogP contribution in [0.5, 0.6) is 0 Å². The van der Waals surface area contributed by atoms with Crippen molar-refractivity contribution in [3.8, 4) is 0 Å². The Bertz CT molecular complexity index is 859. The van der Waals surface area contributed by atoms with Gasteiger partial charge in [-0.05, 0) is 49.3 Å². The Morgan fingerprint density at radius 2 is 1.70 bits per heavy atom. The van der Waals surface area contributed by atoms with Gasteiger partial charge in [0, 0.05) is 25.2 Å².